The Morgan fingerprint density at radius 1 is 0.957 bits per heavy atom. The Hall–Kier alpha value is -2.37. The molecule has 1 aromatic rings. The number of hydrogen-bond acceptors (Lipinski definition) is 4. The zero-order valence-corrected chi connectivity index (χ0v) is 13.4. The summed E-state index contributed by atoms with van der Waals surface area (Å²) in [7, 11) is 1.57. The molecular weight excluding hydrogens is 294 g/mol. The lowest BCUT2D eigenvalue weighted by Crippen LogP contribution is -2.33. The van der Waals surface area contributed by atoms with Gasteiger partial charge in [-0.05, 0) is 49.9 Å². The van der Waals surface area contributed by atoms with E-state index < -0.39 is 11.8 Å². The summed E-state index contributed by atoms with van der Waals surface area (Å²) in [6, 6.07) is 6.76. The maximum atomic E-state index is 11.8. The van der Waals surface area contributed by atoms with Crippen molar-refractivity contribution in [3.05, 3.63) is 24.3 Å². The topological polar surface area (TPSA) is 79.8 Å². The number of carbonyl (C=O) groups excluding carboxylic acids is 2. The van der Waals surface area contributed by atoms with Crippen molar-refractivity contribution in [2.75, 3.05) is 12.4 Å². The summed E-state index contributed by atoms with van der Waals surface area (Å²) in [5, 5.41) is 6.64. The minimum atomic E-state index is -0.754. The van der Waals surface area contributed by atoms with E-state index in [1.165, 1.54) is 19.3 Å². The first-order valence-corrected chi connectivity index (χ1v) is 8.00. The third kappa shape index (κ3) is 5.73. The molecule has 1 aliphatic rings. The molecular formula is C17H23N3O3. The summed E-state index contributed by atoms with van der Waals surface area (Å²) in [6.45, 7) is 0. The summed E-state index contributed by atoms with van der Waals surface area (Å²) in [6.07, 6.45) is 7.63. The number of carbonyl (C=O) groups is 2. The van der Waals surface area contributed by atoms with E-state index in [-0.39, 0.29) is 0 Å². The van der Waals surface area contributed by atoms with E-state index in [9.17, 15) is 9.59 Å². The molecule has 6 heteroatoms. The molecule has 0 atom stereocenters. The van der Waals surface area contributed by atoms with E-state index >= 15 is 0 Å². The van der Waals surface area contributed by atoms with Gasteiger partial charge in [-0.2, -0.15) is 5.10 Å². The summed E-state index contributed by atoms with van der Waals surface area (Å²) in [5.74, 6) is -0.802. The van der Waals surface area contributed by atoms with E-state index in [4.69, 9.17) is 4.74 Å². The van der Waals surface area contributed by atoms with Crippen molar-refractivity contribution in [2.45, 2.75) is 44.9 Å². The van der Waals surface area contributed by atoms with Gasteiger partial charge in [0.1, 0.15) is 5.75 Å². The highest BCUT2D eigenvalue weighted by Crippen LogP contribution is 2.15. The van der Waals surface area contributed by atoms with Gasteiger partial charge in [-0.25, -0.2) is 5.43 Å². The first-order chi connectivity index (χ1) is 11.2. The lowest BCUT2D eigenvalue weighted by molar-refractivity contribution is -0.136. The van der Waals surface area contributed by atoms with Crippen LogP contribution in [-0.4, -0.2) is 24.6 Å². The van der Waals surface area contributed by atoms with Crippen molar-refractivity contribution in [1.82, 2.24) is 5.43 Å². The van der Waals surface area contributed by atoms with Gasteiger partial charge in [0.25, 0.3) is 0 Å². The molecule has 1 aromatic carbocycles. The Morgan fingerprint density at radius 2 is 1.57 bits per heavy atom. The zero-order chi connectivity index (χ0) is 16.5. The quantitative estimate of drug-likeness (QED) is 0.664. The van der Waals surface area contributed by atoms with Crippen molar-refractivity contribution in [3.8, 4) is 5.75 Å². The predicted octanol–water partition coefficient (Wildman–Crippen LogP) is 2.85. The number of methoxy groups -OCH3 is 1. The first-order valence-electron chi connectivity index (χ1n) is 8.00. The number of rotatable bonds is 3. The van der Waals surface area contributed by atoms with E-state index in [0.717, 1.165) is 31.4 Å². The second kappa shape index (κ2) is 8.92. The van der Waals surface area contributed by atoms with Gasteiger partial charge in [0, 0.05) is 11.4 Å². The minimum Gasteiger partial charge on any atom is -0.497 e. The van der Waals surface area contributed by atoms with Gasteiger partial charge in [-0.15, -0.1) is 0 Å². The minimum absolute atomic E-state index is 0.532. The predicted molar refractivity (Wildman–Crippen MR) is 89.5 cm³/mol. The maximum absolute atomic E-state index is 11.8. The fourth-order valence-corrected chi connectivity index (χ4v) is 2.47. The van der Waals surface area contributed by atoms with Crippen LogP contribution in [0.3, 0.4) is 0 Å². The van der Waals surface area contributed by atoms with Crippen molar-refractivity contribution >= 4 is 23.2 Å². The van der Waals surface area contributed by atoms with Gasteiger partial charge in [-0.1, -0.05) is 19.3 Å². The van der Waals surface area contributed by atoms with Crippen molar-refractivity contribution in [1.29, 1.82) is 0 Å². The van der Waals surface area contributed by atoms with Crippen LogP contribution in [0.15, 0.2) is 29.4 Å². The average Bonchev–Trinajstić information content (AvgIpc) is 2.54. The number of nitrogens with zero attached hydrogens (tertiary/aromatic N) is 1. The fourth-order valence-electron chi connectivity index (χ4n) is 2.47. The molecule has 0 heterocycles. The summed E-state index contributed by atoms with van der Waals surface area (Å²) >= 11 is 0. The number of hydrogen-bond donors (Lipinski definition) is 2. The second-order valence-corrected chi connectivity index (χ2v) is 5.57. The maximum Gasteiger partial charge on any atom is 0.329 e. The van der Waals surface area contributed by atoms with Crippen LogP contribution in [0.1, 0.15) is 44.9 Å². The molecule has 0 aliphatic heterocycles. The van der Waals surface area contributed by atoms with Crippen LogP contribution >= 0.6 is 0 Å². The van der Waals surface area contributed by atoms with Gasteiger partial charge < -0.3 is 10.1 Å². The number of ether oxygens (including phenoxy) is 1. The molecule has 2 rings (SSSR count). The Kier molecular flexibility index (Phi) is 6.59. The van der Waals surface area contributed by atoms with Crippen molar-refractivity contribution in [3.63, 3.8) is 0 Å². The van der Waals surface area contributed by atoms with Crippen LogP contribution in [0.25, 0.3) is 0 Å². The van der Waals surface area contributed by atoms with Crippen molar-refractivity contribution in [2.24, 2.45) is 5.10 Å². The Balaban J connectivity index is 1.84. The number of nitrogens with one attached hydrogen (secondary N) is 2. The Morgan fingerprint density at radius 3 is 2.17 bits per heavy atom. The van der Waals surface area contributed by atoms with E-state index in [1.807, 2.05) is 0 Å². The highest BCUT2D eigenvalue weighted by molar-refractivity contribution is 6.39. The highest BCUT2D eigenvalue weighted by Gasteiger charge is 2.14. The van der Waals surface area contributed by atoms with E-state index in [2.05, 4.69) is 15.8 Å². The Bertz CT molecular complexity index is 557. The SMILES string of the molecule is COc1ccc(NC(=O)C(=O)NN=C2CCCCCCC2)cc1. The van der Waals surface area contributed by atoms with Crippen LogP contribution in [0.5, 0.6) is 5.75 Å². The zero-order valence-electron chi connectivity index (χ0n) is 13.4. The molecule has 0 aromatic heterocycles. The highest BCUT2D eigenvalue weighted by atomic mass is 16.5. The average molecular weight is 317 g/mol. The van der Waals surface area contributed by atoms with Gasteiger partial charge in [0.15, 0.2) is 0 Å². The van der Waals surface area contributed by atoms with Gasteiger partial charge in [0.05, 0.1) is 7.11 Å². The molecule has 6 nitrogen and oxygen atoms in total. The smallest absolute Gasteiger partial charge is 0.329 e. The molecule has 1 saturated carbocycles. The molecule has 2 N–H and O–H groups in total. The molecule has 124 valence electrons. The summed E-state index contributed by atoms with van der Waals surface area (Å²) in [4.78, 5) is 23.7. The number of anilines is 1. The van der Waals surface area contributed by atoms with E-state index in [0.29, 0.717) is 11.4 Å². The molecule has 0 saturated heterocycles. The lowest BCUT2D eigenvalue weighted by atomic mass is 9.99. The van der Waals surface area contributed by atoms with Gasteiger partial charge in [-0.3, -0.25) is 9.59 Å². The normalized spacial score (nSPS) is 15.1. The van der Waals surface area contributed by atoms with Gasteiger partial charge in [0.2, 0.25) is 0 Å². The molecule has 0 radical (unpaired) electrons. The van der Waals surface area contributed by atoms with Crippen LogP contribution in [0.2, 0.25) is 0 Å². The van der Waals surface area contributed by atoms with Crippen LogP contribution < -0.4 is 15.5 Å². The number of benzene rings is 1. The standard InChI is InChI=1S/C17H23N3O3/c1-23-15-11-9-13(10-12-15)18-16(21)17(22)20-19-14-7-5-3-2-4-6-8-14/h9-12H,2-8H2,1H3,(H,18,21)(H,20,22). The van der Waals surface area contributed by atoms with Crippen LogP contribution in [0, 0.1) is 0 Å². The van der Waals surface area contributed by atoms with E-state index in [1.54, 1.807) is 31.4 Å². The molecule has 23 heavy (non-hydrogen) atoms. The third-order valence-electron chi connectivity index (χ3n) is 3.80. The second-order valence-electron chi connectivity index (χ2n) is 5.57. The lowest BCUT2D eigenvalue weighted by Gasteiger charge is -2.11. The Labute approximate surface area is 136 Å². The third-order valence-corrected chi connectivity index (χ3v) is 3.80. The molecule has 0 spiro atoms. The molecule has 0 unspecified atom stereocenters. The van der Waals surface area contributed by atoms with Crippen LogP contribution in [0.4, 0.5) is 5.69 Å². The molecule has 1 fully saturated rings. The van der Waals surface area contributed by atoms with Crippen LogP contribution in [-0.2, 0) is 9.59 Å². The number of hydrazone groups is 1. The molecule has 2 amide bonds. The largest absolute Gasteiger partial charge is 0.497 e. The molecule has 1 aliphatic carbocycles. The van der Waals surface area contributed by atoms with Crippen molar-refractivity contribution < 1.29 is 14.3 Å². The first kappa shape index (κ1) is 17.0. The summed E-state index contributed by atoms with van der Waals surface area (Å²) < 4.78 is 5.04. The monoisotopic (exact) mass is 317 g/mol. The fraction of sp³-hybridized carbons (Fsp3) is 0.471. The van der Waals surface area contributed by atoms with Gasteiger partial charge >= 0.3 is 11.8 Å². The summed E-state index contributed by atoms with van der Waals surface area (Å²) in [5.41, 5.74) is 3.86. The molecule has 0 bridgehead atoms. The number of amides is 2.